The molecule has 0 fully saturated rings. The lowest BCUT2D eigenvalue weighted by Gasteiger charge is -2.32. The zero-order chi connectivity index (χ0) is 24.7. The van der Waals surface area contributed by atoms with Crippen LogP contribution in [0, 0.1) is 13.8 Å². The van der Waals surface area contributed by atoms with E-state index in [9.17, 15) is 9.59 Å². The van der Waals surface area contributed by atoms with Crippen molar-refractivity contribution >= 4 is 23.4 Å². The fourth-order valence-electron chi connectivity index (χ4n) is 3.96. The summed E-state index contributed by atoms with van der Waals surface area (Å²) < 4.78 is 0. The first-order valence-corrected chi connectivity index (χ1v) is 12.0. The third-order valence-electron chi connectivity index (χ3n) is 5.87. The molecule has 3 aromatic carbocycles. The monoisotopic (exact) mass is 476 g/mol. The van der Waals surface area contributed by atoms with Crippen molar-refractivity contribution in [1.82, 2.24) is 10.2 Å². The van der Waals surface area contributed by atoms with Crippen LogP contribution in [0.25, 0.3) is 0 Å². The number of amides is 2. The second-order valence-electron chi connectivity index (χ2n) is 9.12. The summed E-state index contributed by atoms with van der Waals surface area (Å²) in [4.78, 5) is 28.8. The van der Waals surface area contributed by atoms with E-state index in [2.05, 4.69) is 12.2 Å². The molecule has 0 saturated carbocycles. The summed E-state index contributed by atoms with van der Waals surface area (Å²) in [6.45, 7) is 8.25. The molecule has 3 aromatic rings. The molecule has 0 saturated heterocycles. The van der Waals surface area contributed by atoms with Gasteiger partial charge in [0.15, 0.2) is 0 Å². The molecule has 0 aromatic heterocycles. The first-order valence-electron chi connectivity index (χ1n) is 11.7. The van der Waals surface area contributed by atoms with Gasteiger partial charge in [-0.25, -0.2) is 0 Å². The Balaban J connectivity index is 1.98. The Labute approximate surface area is 207 Å². The topological polar surface area (TPSA) is 49.4 Å². The largest absolute Gasteiger partial charge is 0.352 e. The molecule has 3 rings (SSSR count). The highest BCUT2D eigenvalue weighted by Crippen LogP contribution is 2.19. The number of nitrogens with zero attached hydrogens (tertiary/aromatic N) is 1. The lowest BCUT2D eigenvalue weighted by Crippen LogP contribution is -2.52. The van der Waals surface area contributed by atoms with Gasteiger partial charge in [-0.15, -0.1) is 0 Å². The van der Waals surface area contributed by atoms with E-state index in [0.717, 1.165) is 22.3 Å². The molecule has 0 aliphatic heterocycles. The van der Waals surface area contributed by atoms with Gasteiger partial charge in [-0.1, -0.05) is 72.3 Å². The molecule has 0 bridgehead atoms. The lowest BCUT2D eigenvalue weighted by atomic mass is 10.00. The second kappa shape index (κ2) is 11.8. The molecule has 1 N–H and O–H groups in total. The molecule has 0 heterocycles. The number of carbonyl (C=O) groups is 2. The maximum absolute atomic E-state index is 13.7. The van der Waals surface area contributed by atoms with Gasteiger partial charge in [-0.05, 0) is 67.6 Å². The van der Waals surface area contributed by atoms with Crippen LogP contribution < -0.4 is 5.32 Å². The number of aryl methyl sites for hydroxylation is 2. The average Bonchev–Trinajstić information content (AvgIpc) is 2.79. The van der Waals surface area contributed by atoms with E-state index in [0.29, 0.717) is 18.0 Å². The smallest absolute Gasteiger partial charge is 0.243 e. The second-order valence-corrected chi connectivity index (χ2v) is 9.55. The summed E-state index contributed by atoms with van der Waals surface area (Å²) in [5.74, 6) is -0.252. The van der Waals surface area contributed by atoms with Crippen molar-refractivity contribution in [2.24, 2.45) is 0 Å². The number of rotatable bonds is 9. The lowest BCUT2D eigenvalue weighted by molar-refractivity contribution is -0.141. The van der Waals surface area contributed by atoms with E-state index in [4.69, 9.17) is 11.6 Å². The zero-order valence-corrected chi connectivity index (χ0v) is 21.1. The van der Waals surface area contributed by atoms with E-state index in [-0.39, 0.29) is 24.3 Å². The maximum atomic E-state index is 13.7. The summed E-state index contributed by atoms with van der Waals surface area (Å²) in [5, 5.41) is 3.62. The highest BCUT2D eigenvalue weighted by molar-refractivity contribution is 6.30. The maximum Gasteiger partial charge on any atom is 0.243 e. The normalized spacial score (nSPS) is 11.8. The molecule has 0 radical (unpaired) electrons. The first kappa shape index (κ1) is 25.5. The number of benzene rings is 3. The van der Waals surface area contributed by atoms with Crippen molar-refractivity contribution in [2.45, 2.75) is 59.2 Å². The number of nitrogens with one attached hydrogen (secondary N) is 1. The van der Waals surface area contributed by atoms with Crippen molar-refractivity contribution < 1.29 is 9.59 Å². The molecule has 0 aliphatic rings. The Bertz CT molecular complexity index is 1130. The Kier molecular flexibility index (Phi) is 8.89. The minimum Gasteiger partial charge on any atom is -0.352 e. The standard InChI is InChI=1S/C29H33ClN2O2/c1-20(2)31-29(34)27(17-23-9-6-5-7-10-23)32(19-25-11-8-12-26(30)16-25)28(33)18-24-14-13-21(3)22(4)15-24/h5-16,20,27H,17-19H2,1-4H3,(H,31,34)/t27-/m0/s1. The molecule has 0 aliphatic carbocycles. The minimum absolute atomic E-state index is 0.0337. The van der Waals surface area contributed by atoms with Gasteiger partial charge in [0, 0.05) is 24.0 Å². The van der Waals surface area contributed by atoms with Crippen LogP contribution in [0.5, 0.6) is 0 Å². The fraction of sp³-hybridized carbons (Fsp3) is 0.310. The molecule has 0 spiro atoms. The first-order chi connectivity index (χ1) is 16.2. The van der Waals surface area contributed by atoms with Crippen LogP contribution >= 0.6 is 11.6 Å². The van der Waals surface area contributed by atoms with Crippen molar-refractivity contribution in [3.05, 3.63) is 106 Å². The zero-order valence-electron chi connectivity index (χ0n) is 20.3. The van der Waals surface area contributed by atoms with Gasteiger partial charge in [0.1, 0.15) is 6.04 Å². The van der Waals surface area contributed by atoms with Crippen molar-refractivity contribution in [3.8, 4) is 0 Å². The van der Waals surface area contributed by atoms with Crippen LogP contribution in [0.4, 0.5) is 0 Å². The predicted octanol–water partition coefficient (Wildman–Crippen LogP) is 5.66. The predicted molar refractivity (Wildman–Crippen MR) is 139 cm³/mol. The number of hydrogen-bond donors (Lipinski definition) is 1. The van der Waals surface area contributed by atoms with Gasteiger partial charge in [0.25, 0.3) is 0 Å². The van der Waals surface area contributed by atoms with Gasteiger partial charge in [0.2, 0.25) is 11.8 Å². The van der Waals surface area contributed by atoms with Crippen LogP contribution in [0.1, 0.15) is 41.7 Å². The van der Waals surface area contributed by atoms with Crippen LogP contribution in [0.15, 0.2) is 72.8 Å². The molecule has 5 heteroatoms. The molecule has 1 atom stereocenters. The van der Waals surface area contributed by atoms with Crippen molar-refractivity contribution in [3.63, 3.8) is 0 Å². The Morgan fingerprint density at radius 3 is 2.21 bits per heavy atom. The van der Waals surface area contributed by atoms with Gasteiger partial charge >= 0.3 is 0 Å². The summed E-state index contributed by atoms with van der Waals surface area (Å²) in [5.41, 5.74) is 5.15. The number of carbonyl (C=O) groups excluding carboxylic acids is 2. The SMILES string of the molecule is Cc1ccc(CC(=O)N(Cc2cccc(Cl)c2)[C@@H](Cc2ccccc2)C(=O)NC(C)C)cc1C. The molecule has 34 heavy (non-hydrogen) atoms. The minimum atomic E-state index is -0.650. The van der Waals surface area contributed by atoms with Gasteiger partial charge in [-0.3, -0.25) is 9.59 Å². The number of hydrogen-bond acceptors (Lipinski definition) is 2. The van der Waals surface area contributed by atoms with Gasteiger partial charge in [0.05, 0.1) is 6.42 Å². The third-order valence-corrected chi connectivity index (χ3v) is 6.11. The summed E-state index contributed by atoms with van der Waals surface area (Å²) in [6, 6.07) is 22.6. The number of halogens is 1. The van der Waals surface area contributed by atoms with E-state index in [1.807, 2.05) is 87.5 Å². The van der Waals surface area contributed by atoms with Crippen molar-refractivity contribution in [1.29, 1.82) is 0 Å². The van der Waals surface area contributed by atoms with E-state index < -0.39 is 6.04 Å². The van der Waals surface area contributed by atoms with E-state index in [1.165, 1.54) is 5.56 Å². The van der Waals surface area contributed by atoms with Crippen LogP contribution in [-0.4, -0.2) is 28.8 Å². The third kappa shape index (κ3) is 7.19. The molecule has 4 nitrogen and oxygen atoms in total. The van der Waals surface area contributed by atoms with Crippen molar-refractivity contribution in [2.75, 3.05) is 0 Å². The Morgan fingerprint density at radius 2 is 1.56 bits per heavy atom. The van der Waals surface area contributed by atoms with Crippen LogP contribution in [-0.2, 0) is 29.0 Å². The molecule has 2 amide bonds. The summed E-state index contributed by atoms with van der Waals surface area (Å²) >= 11 is 6.23. The summed E-state index contributed by atoms with van der Waals surface area (Å²) in [6.07, 6.45) is 0.653. The van der Waals surface area contributed by atoms with E-state index in [1.54, 1.807) is 11.0 Å². The van der Waals surface area contributed by atoms with Gasteiger partial charge < -0.3 is 10.2 Å². The average molecular weight is 477 g/mol. The molecule has 178 valence electrons. The Morgan fingerprint density at radius 1 is 0.853 bits per heavy atom. The van der Waals surface area contributed by atoms with Crippen LogP contribution in [0.3, 0.4) is 0 Å². The molecule has 0 unspecified atom stereocenters. The highest BCUT2D eigenvalue weighted by atomic mass is 35.5. The van der Waals surface area contributed by atoms with E-state index >= 15 is 0 Å². The summed E-state index contributed by atoms with van der Waals surface area (Å²) in [7, 11) is 0. The Hall–Kier alpha value is -3.11. The molecular formula is C29H33ClN2O2. The van der Waals surface area contributed by atoms with Crippen LogP contribution in [0.2, 0.25) is 5.02 Å². The fourth-order valence-corrected chi connectivity index (χ4v) is 4.17. The quantitative estimate of drug-likeness (QED) is 0.433. The van der Waals surface area contributed by atoms with Gasteiger partial charge in [-0.2, -0.15) is 0 Å². The highest BCUT2D eigenvalue weighted by Gasteiger charge is 2.30. The molecular weight excluding hydrogens is 444 g/mol.